The van der Waals surface area contributed by atoms with Gasteiger partial charge in [-0.25, -0.2) is 9.97 Å². The summed E-state index contributed by atoms with van der Waals surface area (Å²) in [4.78, 5) is 20.9. The molecule has 3 aromatic rings. The van der Waals surface area contributed by atoms with Gasteiger partial charge in [0.25, 0.3) is 11.8 Å². The van der Waals surface area contributed by atoms with Crippen molar-refractivity contribution in [2.45, 2.75) is 37.8 Å². The summed E-state index contributed by atoms with van der Waals surface area (Å²) in [6.45, 7) is 0. The van der Waals surface area contributed by atoms with E-state index in [9.17, 15) is 4.79 Å². The molecule has 140 valence electrons. The van der Waals surface area contributed by atoms with E-state index in [2.05, 4.69) is 15.3 Å². The van der Waals surface area contributed by atoms with E-state index in [1.54, 1.807) is 0 Å². The van der Waals surface area contributed by atoms with Crippen LogP contribution < -0.4 is 10.1 Å². The normalized spacial score (nSPS) is 19.0. The van der Waals surface area contributed by atoms with E-state index in [-0.39, 0.29) is 29.6 Å². The van der Waals surface area contributed by atoms with Crippen molar-refractivity contribution < 1.29 is 9.53 Å². The number of benzene rings is 2. The Morgan fingerprint density at radius 1 is 1.04 bits per heavy atom. The second kappa shape index (κ2) is 8.05. The average Bonchev–Trinajstić information content (AvgIpc) is 2.75. The largest absolute Gasteiger partial charge is 0.472 e. The van der Waals surface area contributed by atoms with Gasteiger partial charge in [0.2, 0.25) is 5.69 Å². The quantitative estimate of drug-likeness (QED) is 0.756. The van der Waals surface area contributed by atoms with Gasteiger partial charge < -0.3 is 10.1 Å². The SMILES string of the molecule is N#Cc1nccnc1OC1CCC(NC(=O)c2cccc3ccccc23)CC1. The summed E-state index contributed by atoms with van der Waals surface area (Å²) in [6.07, 6.45) is 6.21. The highest BCUT2D eigenvalue weighted by Gasteiger charge is 2.25. The molecule has 1 aliphatic rings. The van der Waals surface area contributed by atoms with Gasteiger partial charge >= 0.3 is 0 Å². The number of hydrogen-bond acceptors (Lipinski definition) is 5. The molecular formula is C22H20N4O2. The Balaban J connectivity index is 1.37. The zero-order valence-corrected chi connectivity index (χ0v) is 15.3. The van der Waals surface area contributed by atoms with Crippen molar-refractivity contribution in [1.29, 1.82) is 5.26 Å². The zero-order valence-electron chi connectivity index (χ0n) is 15.3. The smallest absolute Gasteiger partial charge is 0.252 e. The summed E-state index contributed by atoms with van der Waals surface area (Å²) < 4.78 is 5.86. The molecule has 28 heavy (non-hydrogen) atoms. The number of carbonyl (C=O) groups excluding carboxylic acids is 1. The third-order valence-electron chi connectivity index (χ3n) is 5.09. The fourth-order valence-corrected chi connectivity index (χ4v) is 3.66. The third-order valence-corrected chi connectivity index (χ3v) is 5.09. The predicted molar refractivity (Wildman–Crippen MR) is 105 cm³/mol. The first-order chi connectivity index (χ1) is 13.7. The Hall–Kier alpha value is -3.46. The molecule has 0 unspecified atom stereocenters. The summed E-state index contributed by atoms with van der Waals surface area (Å²) in [5.74, 6) is 0.245. The fourth-order valence-electron chi connectivity index (χ4n) is 3.66. The highest BCUT2D eigenvalue weighted by molar-refractivity contribution is 6.07. The highest BCUT2D eigenvalue weighted by Crippen LogP contribution is 2.25. The first kappa shape index (κ1) is 17.9. The van der Waals surface area contributed by atoms with Crippen molar-refractivity contribution in [2.75, 3.05) is 0 Å². The lowest BCUT2D eigenvalue weighted by Crippen LogP contribution is -2.39. The van der Waals surface area contributed by atoms with E-state index in [1.165, 1.54) is 12.4 Å². The van der Waals surface area contributed by atoms with Gasteiger partial charge in [0.05, 0.1) is 0 Å². The number of aromatic nitrogens is 2. The molecule has 0 bridgehead atoms. The summed E-state index contributed by atoms with van der Waals surface area (Å²) in [7, 11) is 0. The topological polar surface area (TPSA) is 87.9 Å². The number of amides is 1. The Bertz CT molecular complexity index is 1030. The molecule has 1 fully saturated rings. The van der Waals surface area contributed by atoms with Crippen molar-refractivity contribution in [3.8, 4) is 11.9 Å². The molecule has 6 heteroatoms. The molecule has 4 rings (SSSR count). The van der Waals surface area contributed by atoms with Crippen molar-refractivity contribution in [2.24, 2.45) is 0 Å². The van der Waals surface area contributed by atoms with Crippen LogP contribution in [0.25, 0.3) is 10.8 Å². The molecule has 0 saturated heterocycles. The number of hydrogen-bond donors (Lipinski definition) is 1. The summed E-state index contributed by atoms with van der Waals surface area (Å²) >= 11 is 0. The van der Waals surface area contributed by atoms with Gasteiger partial charge in [0.15, 0.2) is 0 Å². The molecule has 0 aliphatic heterocycles. The Kier molecular flexibility index (Phi) is 5.16. The van der Waals surface area contributed by atoms with Gasteiger partial charge in [0.1, 0.15) is 12.2 Å². The summed E-state index contributed by atoms with van der Waals surface area (Å²) in [5, 5.41) is 14.3. The van der Waals surface area contributed by atoms with E-state index < -0.39 is 0 Å². The zero-order chi connectivity index (χ0) is 19.3. The summed E-state index contributed by atoms with van der Waals surface area (Å²) in [6, 6.07) is 15.8. The maximum absolute atomic E-state index is 12.8. The second-order valence-corrected chi connectivity index (χ2v) is 6.91. The van der Waals surface area contributed by atoms with E-state index in [4.69, 9.17) is 10.00 Å². The van der Waals surface area contributed by atoms with Crippen LogP contribution in [-0.4, -0.2) is 28.0 Å². The average molecular weight is 372 g/mol. The predicted octanol–water partition coefficient (Wildman–Crippen LogP) is 3.62. The summed E-state index contributed by atoms with van der Waals surface area (Å²) in [5.41, 5.74) is 0.906. The molecule has 1 N–H and O–H groups in total. The van der Waals surface area contributed by atoms with Gasteiger partial charge in [0, 0.05) is 24.0 Å². The highest BCUT2D eigenvalue weighted by atomic mass is 16.5. The van der Waals surface area contributed by atoms with Crippen molar-refractivity contribution in [3.63, 3.8) is 0 Å². The minimum absolute atomic E-state index is 0.0190. The number of nitrogens with zero attached hydrogens (tertiary/aromatic N) is 3. The molecule has 0 atom stereocenters. The lowest BCUT2D eigenvalue weighted by atomic mass is 9.92. The van der Waals surface area contributed by atoms with Gasteiger partial charge in [-0.3, -0.25) is 4.79 Å². The van der Waals surface area contributed by atoms with Crippen molar-refractivity contribution in [3.05, 3.63) is 66.1 Å². The van der Waals surface area contributed by atoms with Crippen LogP contribution in [0.3, 0.4) is 0 Å². The van der Waals surface area contributed by atoms with Crippen molar-refractivity contribution in [1.82, 2.24) is 15.3 Å². The number of nitriles is 1. The standard InChI is InChI=1S/C22H20N4O2/c23-14-20-22(25-13-12-24-20)28-17-10-8-16(9-11-17)26-21(27)19-7-3-5-15-4-1-2-6-18(15)19/h1-7,12-13,16-17H,8-11H2,(H,26,27). The number of carbonyl (C=O) groups is 1. The van der Waals surface area contributed by atoms with E-state index >= 15 is 0 Å². The molecule has 2 aromatic carbocycles. The van der Waals surface area contributed by atoms with Crippen LogP contribution in [0.4, 0.5) is 0 Å². The molecule has 1 aromatic heterocycles. The van der Waals surface area contributed by atoms with Gasteiger partial charge in [-0.05, 0) is 42.5 Å². The lowest BCUT2D eigenvalue weighted by molar-refractivity contribution is 0.0891. The fraction of sp³-hybridized carbons (Fsp3) is 0.273. The maximum atomic E-state index is 12.8. The van der Waals surface area contributed by atoms with Gasteiger partial charge in [-0.1, -0.05) is 36.4 Å². The van der Waals surface area contributed by atoms with Gasteiger partial charge in [-0.2, -0.15) is 5.26 Å². The maximum Gasteiger partial charge on any atom is 0.252 e. The molecule has 6 nitrogen and oxygen atoms in total. The molecule has 0 radical (unpaired) electrons. The third kappa shape index (κ3) is 3.79. The van der Waals surface area contributed by atoms with Crippen LogP contribution >= 0.6 is 0 Å². The number of ether oxygens (including phenoxy) is 1. The minimum atomic E-state index is -0.0399. The first-order valence-electron chi connectivity index (χ1n) is 9.41. The Labute approximate surface area is 163 Å². The van der Waals surface area contributed by atoms with Crippen molar-refractivity contribution >= 4 is 16.7 Å². The van der Waals surface area contributed by atoms with Gasteiger partial charge in [-0.15, -0.1) is 0 Å². The number of nitrogens with one attached hydrogen (secondary N) is 1. The number of fused-ring (bicyclic) bond motifs is 1. The molecule has 0 spiro atoms. The van der Waals surface area contributed by atoms with Crippen LogP contribution in [0.2, 0.25) is 0 Å². The van der Waals surface area contributed by atoms with E-state index in [0.29, 0.717) is 5.56 Å². The Morgan fingerprint density at radius 3 is 2.61 bits per heavy atom. The van der Waals surface area contributed by atoms with E-state index in [1.807, 2.05) is 48.5 Å². The van der Waals surface area contributed by atoms with Crippen LogP contribution in [0.15, 0.2) is 54.9 Å². The minimum Gasteiger partial charge on any atom is -0.472 e. The molecule has 1 heterocycles. The monoisotopic (exact) mass is 372 g/mol. The molecule has 1 saturated carbocycles. The van der Waals surface area contributed by atoms with E-state index in [0.717, 1.165) is 36.5 Å². The van der Waals surface area contributed by atoms with Crippen LogP contribution in [-0.2, 0) is 0 Å². The number of rotatable bonds is 4. The molecule has 1 amide bonds. The van der Waals surface area contributed by atoms with Crippen LogP contribution in [0.1, 0.15) is 41.7 Å². The first-order valence-corrected chi connectivity index (χ1v) is 9.41. The lowest BCUT2D eigenvalue weighted by Gasteiger charge is -2.29. The Morgan fingerprint density at radius 2 is 1.79 bits per heavy atom. The van der Waals surface area contributed by atoms with Crippen LogP contribution in [0, 0.1) is 11.3 Å². The van der Waals surface area contributed by atoms with Crippen LogP contribution in [0.5, 0.6) is 5.88 Å². The molecule has 1 aliphatic carbocycles. The second-order valence-electron chi connectivity index (χ2n) is 6.91. The molecular weight excluding hydrogens is 352 g/mol.